The third-order valence-electron chi connectivity index (χ3n) is 2.21. The number of nitrogens with two attached hydrogens (primary N) is 1. The Hall–Kier alpha value is -1.88. The minimum Gasteiger partial charge on any atom is -0.408 e. The standard InChI is InChI=1S/C11H14N4O/c1-8-4-2-3-5-9(8)13-11-15-14-10(16-11)6-7-12/h2-5H,6-7,12H2,1H3,(H,13,15). The summed E-state index contributed by atoms with van der Waals surface area (Å²) in [6.07, 6.45) is 0.600. The van der Waals surface area contributed by atoms with Crippen LogP contribution in [0.4, 0.5) is 11.7 Å². The van der Waals surface area contributed by atoms with E-state index in [0.29, 0.717) is 24.9 Å². The average molecular weight is 218 g/mol. The zero-order valence-corrected chi connectivity index (χ0v) is 9.10. The molecule has 0 saturated carbocycles. The van der Waals surface area contributed by atoms with Gasteiger partial charge in [-0.05, 0) is 18.6 Å². The van der Waals surface area contributed by atoms with Crippen molar-refractivity contribution >= 4 is 11.7 Å². The van der Waals surface area contributed by atoms with E-state index < -0.39 is 0 Å². The highest BCUT2D eigenvalue weighted by molar-refractivity contribution is 5.56. The van der Waals surface area contributed by atoms with Gasteiger partial charge in [-0.15, -0.1) is 5.10 Å². The molecule has 0 atom stereocenters. The summed E-state index contributed by atoms with van der Waals surface area (Å²) < 4.78 is 5.37. The highest BCUT2D eigenvalue weighted by atomic mass is 16.4. The second-order valence-corrected chi connectivity index (χ2v) is 3.48. The van der Waals surface area contributed by atoms with Crippen molar-refractivity contribution in [1.29, 1.82) is 0 Å². The molecule has 0 saturated heterocycles. The van der Waals surface area contributed by atoms with Gasteiger partial charge in [-0.2, -0.15) is 0 Å². The van der Waals surface area contributed by atoms with Gasteiger partial charge in [-0.25, -0.2) is 0 Å². The molecule has 1 aromatic heterocycles. The van der Waals surface area contributed by atoms with Gasteiger partial charge in [0.15, 0.2) is 0 Å². The normalized spacial score (nSPS) is 10.4. The Morgan fingerprint density at radius 3 is 2.88 bits per heavy atom. The van der Waals surface area contributed by atoms with Crippen LogP contribution in [0.15, 0.2) is 28.7 Å². The van der Waals surface area contributed by atoms with Gasteiger partial charge in [0.2, 0.25) is 5.89 Å². The molecule has 0 aliphatic heterocycles. The number of rotatable bonds is 4. The maximum atomic E-state index is 5.40. The number of nitrogens with one attached hydrogen (secondary N) is 1. The molecule has 16 heavy (non-hydrogen) atoms. The fraction of sp³-hybridized carbons (Fsp3) is 0.273. The minimum atomic E-state index is 0.401. The summed E-state index contributed by atoms with van der Waals surface area (Å²) in [6, 6.07) is 8.31. The highest BCUT2D eigenvalue weighted by Crippen LogP contribution is 2.18. The number of hydrogen-bond donors (Lipinski definition) is 2. The van der Waals surface area contributed by atoms with Gasteiger partial charge >= 0.3 is 6.01 Å². The number of nitrogens with zero attached hydrogens (tertiary/aromatic N) is 2. The first-order valence-corrected chi connectivity index (χ1v) is 5.14. The summed E-state index contributed by atoms with van der Waals surface area (Å²) in [7, 11) is 0. The Bertz CT molecular complexity index is 467. The van der Waals surface area contributed by atoms with E-state index in [1.54, 1.807) is 0 Å². The van der Waals surface area contributed by atoms with Crippen LogP contribution in [0.5, 0.6) is 0 Å². The van der Waals surface area contributed by atoms with Crippen LogP contribution in [-0.4, -0.2) is 16.7 Å². The van der Waals surface area contributed by atoms with E-state index in [9.17, 15) is 0 Å². The lowest BCUT2D eigenvalue weighted by atomic mass is 10.2. The second-order valence-electron chi connectivity index (χ2n) is 3.48. The third kappa shape index (κ3) is 2.38. The lowest BCUT2D eigenvalue weighted by Crippen LogP contribution is -2.02. The quantitative estimate of drug-likeness (QED) is 0.815. The maximum absolute atomic E-state index is 5.40. The second kappa shape index (κ2) is 4.76. The first kappa shape index (κ1) is 10.6. The molecule has 0 spiro atoms. The highest BCUT2D eigenvalue weighted by Gasteiger charge is 2.06. The molecule has 0 radical (unpaired) electrons. The summed E-state index contributed by atoms with van der Waals surface area (Å²) >= 11 is 0. The van der Waals surface area contributed by atoms with Gasteiger partial charge in [-0.1, -0.05) is 23.3 Å². The van der Waals surface area contributed by atoms with E-state index in [2.05, 4.69) is 15.5 Å². The first-order valence-electron chi connectivity index (χ1n) is 5.14. The van der Waals surface area contributed by atoms with Gasteiger partial charge < -0.3 is 15.5 Å². The van der Waals surface area contributed by atoms with Crippen molar-refractivity contribution in [1.82, 2.24) is 10.2 Å². The largest absolute Gasteiger partial charge is 0.408 e. The number of benzene rings is 1. The van der Waals surface area contributed by atoms with E-state index in [0.717, 1.165) is 11.3 Å². The van der Waals surface area contributed by atoms with Crippen molar-refractivity contribution in [2.75, 3.05) is 11.9 Å². The Balaban J connectivity index is 2.11. The van der Waals surface area contributed by atoms with Crippen molar-refractivity contribution in [2.45, 2.75) is 13.3 Å². The summed E-state index contributed by atoms with van der Waals surface area (Å²) in [5.41, 5.74) is 7.49. The molecule has 84 valence electrons. The smallest absolute Gasteiger partial charge is 0.320 e. The Kier molecular flexibility index (Phi) is 3.16. The van der Waals surface area contributed by atoms with Crippen LogP contribution in [0.2, 0.25) is 0 Å². The van der Waals surface area contributed by atoms with E-state index in [4.69, 9.17) is 10.2 Å². The van der Waals surface area contributed by atoms with Crippen LogP contribution in [0.1, 0.15) is 11.5 Å². The summed E-state index contributed by atoms with van der Waals surface area (Å²) in [4.78, 5) is 0. The van der Waals surface area contributed by atoms with E-state index in [1.807, 2.05) is 31.2 Å². The monoisotopic (exact) mass is 218 g/mol. The van der Waals surface area contributed by atoms with E-state index in [1.165, 1.54) is 0 Å². The fourth-order valence-electron chi connectivity index (χ4n) is 1.36. The molecule has 3 N–H and O–H groups in total. The molecule has 2 rings (SSSR count). The molecule has 0 bridgehead atoms. The van der Waals surface area contributed by atoms with Gasteiger partial charge in [0, 0.05) is 18.7 Å². The van der Waals surface area contributed by atoms with Crippen LogP contribution in [0.25, 0.3) is 0 Å². The zero-order valence-electron chi connectivity index (χ0n) is 9.10. The number of aromatic nitrogens is 2. The van der Waals surface area contributed by atoms with Crippen molar-refractivity contribution < 1.29 is 4.42 Å². The van der Waals surface area contributed by atoms with Crippen molar-refractivity contribution in [3.8, 4) is 0 Å². The van der Waals surface area contributed by atoms with Crippen LogP contribution < -0.4 is 11.1 Å². The molecule has 0 aliphatic carbocycles. The molecule has 0 aliphatic rings. The van der Waals surface area contributed by atoms with Crippen LogP contribution >= 0.6 is 0 Å². The molecule has 2 aromatic rings. The van der Waals surface area contributed by atoms with Gasteiger partial charge in [0.05, 0.1) is 0 Å². The Morgan fingerprint density at radius 1 is 1.31 bits per heavy atom. The molecule has 1 heterocycles. The molecular formula is C11H14N4O. The molecule has 0 unspecified atom stereocenters. The topological polar surface area (TPSA) is 77.0 Å². The lowest BCUT2D eigenvalue weighted by Gasteiger charge is -2.03. The van der Waals surface area contributed by atoms with Gasteiger partial charge in [0.25, 0.3) is 0 Å². The van der Waals surface area contributed by atoms with Crippen molar-refractivity contribution in [2.24, 2.45) is 5.73 Å². The van der Waals surface area contributed by atoms with Crippen LogP contribution in [0.3, 0.4) is 0 Å². The number of anilines is 2. The van der Waals surface area contributed by atoms with E-state index >= 15 is 0 Å². The Labute approximate surface area is 93.7 Å². The lowest BCUT2D eigenvalue weighted by molar-refractivity contribution is 0.510. The Morgan fingerprint density at radius 2 is 2.12 bits per heavy atom. The van der Waals surface area contributed by atoms with Gasteiger partial charge in [-0.3, -0.25) is 0 Å². The number of para-hydroxylation sites is 1. The zero-order chi connectivity index (χ0) is 11.4. The molecular weight excluding hydrogens is 204 g/mol. The van der Waals surface area contributed by atoms with Crippen molar-refractivity contribution in [3.05, 3.63) is 35.7 Å². The fourth-order valence-corrected chi connectivity index (χ4v) is 1.36. The maximum Gasteiger partial charge on any atom is 0.320 e. The van der Waals surface area contributed by atoms with E-state index in [-0.39, 0.29) is 0 Å². The van der Waals surface area contributed by atoms with Crippen LogP contribution in [0, 0.1) is 6.92 Å². The molecule has 1 aromatic carbocycles. The van der Waals surface area contributed by atoms with Crippen LogP contribution in [-0.2, 0) is 6.42 Å². The first-order chi connectivity index (χ1) is 7.79. The average Bonchev–Trinajstić information content (AvgIpc) is 2.70. The van der Waals surface area contributed by atoms with Crippen molar-refractivity contribution in [3.63, 3.8) is 0 Å². The van der Waals surface area contributed by atoms with Gasteiger partial charge in [0.1, 0.15) is 0 Å². The predicted molar refractivity (Wildman–Crippen MR) is 61.5 cm³/mol. The summed E-state index contributed by atoms with van der Waals surface area (Å²) in [5.74, 6) is 0.554. The molecule has 5 heteroatoms. The summed E-state index contributed by atoms with van der Waals surface area (Å²) in [5, 5.41) is 10.8. The number of aryl methyl sites for hydroxylation is 1. The number of hydrogen-bond acceptors (Lipinski definition) is 5. The molecule has 0 amide bonds. The molecule has 5 nitrogen and oxygen atoms in total. The minimum absolute atomic E-state index is 0.401. The third-order valence-corrected chi connectivity index (χ3v) is 2.21. The summed E-state index contributed by atoms with van der Waals surface area (Å²) in [6.45, 7) is 2.52. The molecule has 0 fully saturated rings. The predicted octanol–water partition coefficient (Wildman–Crippen LogP) is 1.62. The SMILES string of the molecule is Cc1ccccc1Nc1nnc(CCN)o1.